The minimum absolute atomic E-state index is 0.111. The molecule has 0 bridgehead atoms. The number of fused-ring (bicyclic) bond motifs is 1. The first-order valence-corrected chi connectivity index (χ1v) is 11.8. The van der Waals surface area contributed by atoms with Crippen LogP contribution in [0, 0.1) is 0 Å². The zero-order chi connectivity index (χ0) is 22.4. The fraction of sp³-hybridized carbons (Fsp3) is 0.348. The lowest BCUT2D eigenvalue weighted by Crippen LogP contribution is -2.36. The highest BCUT2D eigenvalue weighted by molar-refractivity contribution is 7.89. The lowest BCUT2D eigenvalue weighted by atomic mass is 9.98. The average molecular weight is 445 g/mol. The summed E-state index contributed by atoms with van der Waals surface area (Å²) in [5, 5.41) is 0. The Morgan fingerprint density at radius 2 is 1.71 bits per heavy atom. The predicted molar refractivity (Wildman–Crippen MR) is 119 cm³/mol. The molecule has 0 fully saturated rings. The number of nitrogens with one attached hydrogen (secondary N) is 1. The van der Waals surface area contributed by atoms with Gasteiger partial charge in [-0.15, -0.1) is 6.58 Å². The maximum atomic E-state index is 13.0. The molecule has 0 unspecified atom stereocenters. The zero-order valence-corrected chi connectivity index (χ0v) is 18.7. The highest BCUT2D eigenvalue weighted by Gasteiger charge is 2.24. The summed E-state index contributed by atoms with van der Waals surface area (Å²) in [6, 6.07) is 9.93. The van der Waals surface area contributed by atoms with Gasteiger partial charge in [0.1, 0.15) is 0 Å². The maximum absolute atomic E-state index is 13.0. The molecule has 1 amide bonds. The van der Waals surface area contributed by atoms with E-state index in [0.29, 0.717) is 44.0 Å². The van der Waals surface area contributed by atoms with Crippen molar-refractivity contribution in [2.24, 2.45) is 0 Å². The Hall–Kier alpha value is -2.84. The molecule has 1 N–H and O–H groups in total. The number of nitrogens with zero attached hydrogens (tertiary/aromatic N) is 1. The highest BCUT2D eigenvalue weighted by Crippen LogP contribution is 2.34. The van der Waals surface area contributed by atoms with Crippen LogP contribution in [-0.2, 0) is 23.0 Å². The lowest BCUT2D eigenvalue weighted by molar-refractivity contribution is 0.0734. The summed E-state index contributed by atoms with van der Waals surface area (Å²) in [5.41, 5.74) is 2.62. The Morgan fingerprint density at radius 3 is 2.29 bits per heavy atom. The third-order valence-electron chi connectivity index (χ3n) is 4.99. The van der Waals surface area contributed by atoms with Gasteiger partial charge in [0.2, 0.25) is 10.0 Å². The predicted octanol–water partition coefficient (Wildman–Crippen LogP) is 3.15. The monoisotopic (exact) mass is 444 g/mol. The molecule has 3 rings (SSSR count). The second kappa shape index (κ2) is 9.98. The first-order valence-electron chi connectivity index (χ1n) is 10.3. The molecule has 31 heavy (non-hydrogen) atoms. The number of benzene rings is 2. The van der Waals surface area contributed by atoms with E-state index in [1.165, 1.54) is 18.2 Å². The number of rotatable bonds is 9. The van der Waals surface area contributed by atoms with Crippen LogP contribution in [0.25, 0.3) is 0 Å². The van der Waals surface area contributed by atoms with Gasteiger partial charge in [-0.1, -0.05) is 6.08 Å². The van der Waals surface area contributed by atoms with Crippen LogP contribution in [-0.4, -0.2) is 45.5 Å². The molecule has 8 heteroatoms. The number of sulfonamides is 1. The van der Waals surface area contributed by atoms with Gasteiger partial charge < -0.3 is 14.4 Å². The van der Waals surface area contributed by atoms with Crippen LogP contribution >= 0.6 is 0 Å². The molecule has 1 aliphatic heterocycles. The van der Waals surface area contributed by atoms with E-state index in [4.69, 9.17) is 9.47 Å². The smallest absolute Gasteiger partial charge is 0.254 e. The molecule has 0 saturated heterocycles. The summed E-state index contributed by atoms with van der Waals surface area (Å²) >= 11 is 0. The number of hydrogen-bond donors (Lipinski definition) is 1. The van der Waals surface area contributed by atoms with Crippen LogP contribution in [0.15, 0.2) is 53.9 Å². The summed E-state index contributed by atoms with van der Waals surface area (Å²) in [6.45, 7) is 9.61. The van der Waals surface area contributed by atoms with E-state index in [1.807, 2.05) is 26.0 Å². The second-order valence-electron chi connectivity index (χ2n) is 7.08. The van der Waals surface area contributed by atoms with Gasteiger partial charge in [0.15, 0.2) is 11.5 Å². The quantitative estimate of drug-likeness (QED) is 0.601. The van der Waals surface area contributed by atoms with Gasteiger partial charge in [-0.3, -0.25) is 4.79 Å². The van der Waals surface area contributed by atoms with Gasteiger partial charge in [0.25, 0.3) is 5.91 Å². The van der Waals surface area contributed by atoms with Crippen LogP contribution < -0.4 is 14.2 Å². The van der Waals surface area contributed by atoms with Gasteiger partial charge in [0.05, 0.1) is 18.1 Å². The number of amides is 1. The molecule has 0 spiro atoms. The molecule has 2 aromatic rings. The summed E-state index contributed by atoms with van der Waals surface area (Å²) in [7, 11) is -3.62. The van der Waals surface area contributed by atoms with Crippen molar-refractivity contribution in [3.8, 4) is 11.5 Å². The summed E-state index contributed by atoms with van der Waals surface area (Å²) in [6.07, 6.45) is 2.18. The van der Waals surface area contributed by atoms with E-state index in [1.54, 1.807) is 17.0 Å². The fourth-order valence-electron chi connectivity index (χ4n) is 3.49. The molecule has 0 aromatic heterocycles. The Kier molecular flexibility index (Phi) is 7.35. The van der Waals surface area contributed by atoms with E-state index in [0.717, 1.165) is 16.9 Å². The van der Waals surface area contributed by atoms with Gasteiger partial charge in [0, 0.05) is 25.2 Å². The molecule has 0 atom stereocenters. The largest absolute Gasteiger partial charge is 0.490 e. The second-order valence-corrected chi connectivity index (χ2v) is 8.84. The normalized spacial score (nSPS) is 13.4. The number of carbonyl (C=O) groups is 1. The fourth-order valence-corrected chi connectivity index (χ4v) is 4.48. The van der Waals surface area contributed by atoms with E-state index >= 15 is 0 Å². The Morgan fingerprint density at radius 1 is 1.10 bits per heavy atom. The van der Waals surface area contributed by atoms with Crippen molar-refractivity contribution in [1.29, 1.82) is 0 Å². The number of hydrogen-bond acceptors (Lipinski definition) is 5. The lowest BCUT2D eigenvalue weighted by Gasteiger charge is -2.30. The molecule has 7 nitrogen and oxygen atoms in total. The SMILES string of the molecule is C=CCNS(=O)(=O)c1ccc(C(=O)N2CCc3cc(OCC)c(OCC)cc3C2)cc1. The maximum Gasteiger partial charge on any atom is 0.254 e. The highest BCUT2D eigenvalue weighted by atomic mass is 32.2. The van der Waals surface area contributed by atoms with Crippen molar-refractivity contribution in [3.05, 3.63) is 65.7 Å². The van der Waals surface area contributed by atoms with Crippen LogP contribution in [0.1, 0.15) is 35.3 Å². The molecule has 2 aromatic carbocycles. The van der Waals surface area contributed by atoms with Gasteiger partial charge in [-0.25, -0.2) is 13.1 Å². The van der Waals surface area contributed by atoms with Gasteiger partial charge in [-0.2, -0.15) is 0 Å². The molecule has 0 saturated carbocycles. The standard InChI is InChI=1S/C23H28N2O5S/c1-4-12-24-31(27,28)20-9-7-17(8-10-20)23(26)25-13-11-18-14-21(29-5-2)22(30-6-3)15-19(18)16-25/h4,7-10,14-15,24H,1,5-6,11-13,16H2,2-3H3. The minimum atomic E-state index is -3.62. The molecular formula is C23H28N2O5S. The third kappa shape index (κ3) is 5.26. The van der Waals surface area contributed by atoms with Crippen molar-refractivity contribution < 1.29 is 22.7 Å². The van der Waals surface area contributed by atoms with Crippen molar-refractivity contribution in [2.75, 3.05) is 26.3 Å². The van der Waals surface area contributed by atoms with E-state index < -0.39 is 10.0 Å². The summed E-state index contributed by atoms with van der Waals surface area (Å²) in [5.74, 6) is 1.27. The van der Waals surface area contributed by atoms with Crippen molar-refractivity contribution in [2.45, 2.75) is 31.7 Å². The van der Waals surface area contributed by atoms with Gasteiger partial charge in [-0.05, 0) is 67.8 Å². The van der Waals surface area contributed by atoms with Crippen molar-refractivity contribution in [3.63, 3.8) is 0 Å². The van der Waals surface area contributed by atoms with E-state index in [9.17, 15) is 13.2 Å². The summed E-state index contributed by atoms with van der Waals surface area (Å²) in [4.78, 5) is 14.9. The third-order valence-corrected chi connectivity index (χ3v) is 6.43. The van der Waals surface area contributed by atoms with E-state index in [-0.39, 0.29) is 17.3 Å². The molecule has 0 radical (unpaired) electrons. The van der Waals surface area contributed by atoms with Gasteiger partial charge >= 0.3 is 0 Å². The van der Waals surface area contributed by atoms with Crippen molar-refractivity contribution in [1.82, 2.24) is 9.62 Å². The minimum Gasteiger partial charge on any atom is -0.490 e. The molecule has 166 valence electrons. The van der Waals surface area contributed by atoms with Crippen LogP contribution in [0.5, 0.6) is 11.5 Å². The topological polar surface area (TPSA) is 84.9 Å². The van der Waals surface area contributed by atoms with Crippen LogP contribution in [0.3, 0.4) is 0 Å². The average Bonchev–Trinajstić information content (AvgIpc) is 2.78. The first kappa shape index (κ1) is 22.8. The summed E-state index contributed by atoms with van der Waals surface area (Å²) < 4.78 is 38.2. The molecule has 1 heterocycles. The van der Waals surface area contributed by atoms with Crippen LogP contribution in [0.4, 0.5) is 0 Å². The Labute approximate surface area is 183 Å². The zero-order valence-electron chi connectivity index (χ0n) is 17.9. The molecule has 1 aliphatic rings. The van der Waals surface area contributed by atoms with Crippen molar-refractivity contribution >= 4 is 15.9 Å². The first-order chi connectivity index (χ1) is 14.9. The Balaban J connectivity index is 1.77. The molecule has 0 aliphatic carbocycles. The van der Waals surface area contributed by atoms with Crippen LogP contribution in [0.2, 0.25) is 0 Å². The number of ether oxygens (including phenoxy) is 2. The Bertz CT molecular complexity index is 1050. The number of carbonyl (C=O) groups excluding carboxylic acids is 1. The molecular weight excluding hydrogens is 416 g/mol. The van der Waals surface area contributed by atoms with E-state index in [2.05, 4.69) is 11.3 Å².